The quantitative estimate of drug-likeness (QED) is 0.753. The van der Waals surface area contributed by atoms with E-state index < -0.39 is 0 Å². The number of aromatic nitrogens is 2. The molecule has 2 aromatic carbocycles. The van der Waals surface area contributed by atoms with Gasteiger partial charge in [0.15, 0.2) is 6.61 Å². The molecule has 0 saturated heterocycles. The summed E-state index contributed by atoms with van der Waals surface area (Å²) in [7, 11) is 0. The van der Waals surface area contributed by atoms with Crippen LogP contribution in [-0.2, 0) is 4.79 Å². The zero-order chi connectivity index (χ0) is 16.9. The first-order chi connectivity index (χ1) is 11.6. The second kappa shape index (κ2) is 7.00. The zero-order valence-corrected chi connectivity index (χ0v) is 13.7. The van der Waals surface area contributed by atoms with Gasteiger partial charge >= 0.3 is 0 Å². The predicted molar refractivity (Wildman–Crippen MR) is 94.1 cm³/mol. The molecule has 5 heteroatoms. The molecule has 122 valence electrons. The lowest BCUT2D eigenvalue weighted by Crippen LogP contribution is -2.20. The van der Waals surface area contributed by atoms with Crippen LogP contribution in [0.15, 0.2) is 54.7 Å². The van der Waals surface area contributed by atoms with Gasteiger partial charge in [0.25, 0.3) is 5.91 Å². The van der Waals surface area contributed by atoms with Gasteiger partial charge in [0.05, 0.1) is 11.9 Å². The molecule has 3 aromatic rings. The fraction of sp³-hybridized carbons (Fsp3) is 0.158. The van der Waals surface area contributed by atoms with E-state index in [1.807, 2.05) is 62.4 Å². The van der Waals surface area contributed by atoms with Gasteiger partial charge in [-0.1, -0.05) is 29.8 Å². The van der Waals surface area contributed by atoms with Gasteiger partial charge in [0.1, 0.15) is 11.6 Å². The van der Waals surface area contributed by atoms with Crippen molar-refractivity contribution in [3.63, 3.8) is 0 Å². The summed E-state index contributed by atoms with van der Waals surface area (Å²) in [6, 6.07) is 15.2. The highest BCUT2D eigenvalue weighted by Gasteiger charge is 2.05. The van der Waals surface area contributed by atoms with Crippen molar-refractivity contribution < 1.29 is 9.53 Å². The summed E-state index contributed by atoms with van der Waals surface area (Å²) in [6.07, 6.45) is 1.79. The number of hydrogen-bond donors (Lipinski definition) is 2. The predicted octanol–water partition coefficient (Wildman–Crippen LogP) is 3.71. The number of anilines is 1. The smallest absolute Gasteiger partial charge is 0.262 e. The Hall–Kier alpha value is -3.08. The third-order valence-electron chi connectivity index (χ3n) is 3.57. The van der Waals surface area contributed by atoms with E-state index in [4.69, 9.17) is 4.74 Å². The number of hydrogen-bond acceptors (Lipinski definition) is 3. The highest BCUT2D eigenvalue weighted by atomic mass is 16.5. The standard InChI is InChI=1S/C19H19N3O2/c1-13-3-9-17(10-4-13)24-12-19(23)22-16-7-5-15(6-8-16)18-11-20-14(2)21-18/h3-11H,12H2,1-2H3,(H,20,21)(H,22,23). The number of benzene rings is 2. The second-order valence-electron chi connectivity index (χ2n) is 5.61. The van der Waals surface area contributed by atoms with Crippen LogP contribution in [0.1, 0.15) is 11.4 Å². The number of imidazole rings is 1. The second-order valence-corrected chi connectivity index (χ2v) is 5.61. The Bertz CT molecular complexity index is 821. The summed E-state index contributed by atoms with van der Waals surface area (Å²) in [4.78, 5) is 19.3. The van der Waals surface area contributed by atoms with E-state index in [0.29, 0.717) is 5.75 Å². The van der Waals surface area contributed by atoms with Crippen molar-refractivity contribution in [3.05, 3.63) is 66.1 Å². The Morgan fingerprint density at radius 3 is 2.42 bits per heavy atom. The van der Waals surface area contributed by atoms with Crippen molar-refractivity contribution in [1.82, 2.24) is 9.97 Å². The van der Waals surface area contributed by atoms with Gasteiger partial charge in [-0.25, -0.2) is 4.98 Å². The molecule has 0 radical (unpaired) electrons. The average molecular weight is 321 g/mol. The number of carbonyl (C=O) groups excluding carboxylic acids is 1. The maximum Gasteiger partial charge on any atom is 0.262 e. The van der Waals surface area contributed by atoms with Crippen molar-refractivity contribution in [1.29, 1.82) is 0 Å². The SMILES string of the molecule is Cc1ccc(OCC(=O)Nc2ccc(-c3cnc(C)[nH]3)cc2)cc1. The summed E-state index contributed by atoms with van der Waals surface area (Å²) < 4.78 is 5.47. The normalized spacial score (nSPS) is 10.4. The third-order valence-corrected chi connectivity index (χ3v) is 3.57. The Morgan fingerprint density at radius 1 is 1.08 bits per heavy atom. The van der Waals surface area contributed by atoms with E-state index in [2.05, 4.69) is 15.3 Å². The van der Waals surface area contributed by atoms with Gasteiger partial charge in [0.2, 0.25) is 0 Å². The lowest BCUT2D eigenvalue weighted by molar-refractivity contribution is -0.118. The molecule has 0 aliphatic rings. The van der Waals surface area contributed by atoms with Gasteiger partial charge in [-0.15, -0.1) is 0 Å². The van der Waals surface area contributed by atoms with Crippen LogP contribution in [-0.4, -0.2) is 22.5 Å². The first kappa shape index (κ1) is 15.8. The zero-order valence-electron chi connectivity index (χ0n) is 13.7. The topological polar surface area (TPSA) is 67.0 Å². The van der Waals surface area contributed by atoms with Gasteiger partial charge in [-0.2, -0.15) is 0 Å². The number of nitrogens with zero attached hydrogens (tertiary/aromatic N) is 1. The number of amides is 1. The molecule has 24 heavy (non-hydrogen) atoms. The fourth-order valence-electron chi connectivity index (χ4n) is 2.28. The van der Waals surface area contributed by atoms with Gasteiger partial charge < -0.3 is 15.0 Å². The molecule has 0 spiro atoms. The van der Waals surface area contributed by atoms with Gasteiger partial charge in [0, 0.05) is 5.69 Å². The summed E-state index contributed by atoms with van der Waals surface area (Å²) >= 11 is 0. The average Bonchev–Trinajstić information content (AvgIpc) is 3.01. The van der Waals surface area contributed by atoms with Crippen molar-refractivity contribution in [2.45, 2.75) is 13.8 Å². The minimum atomic E-state index is -0.194. The van der Waals surface area contributed by atoms with Crippen LogP contribution in [0, 0.1) is 13.8 Å². The van der Waals surface area contributed by atoms with Crippen LogP contribution in [0.3, 0.4) is 0 Å². The van der Waals surface area contributed by atoms with E-state index in [1.54, 1.807) is 6.20 Å². The van der Waals surface area contributed by atoms with E-state index >= 15 is 0 Å². The Balaban J connectivity index is 1.55. The summed E-state index contributed by atoms with van der Waals surface area (Å²) in [5, 5.41) is 2.82. The van der Waals surface area contributed by atoms with Gasteiger partial charge in [-0.3, -0.25) is 4.79 Å². The van der Waals surface area contributed by atoms with E-state index in [1.165, 1.54) is 0 Å². The van der Waals surface area contributed by atoms with Crippen LogP contribution < -0.4 is 10.1 Å². The lowest BCUT2D eigenvalue weighted by Gasteiger charge is -2.08. The van der Waals surface area contributed by atoms with Crippen LogP contribution in [0.25, 0.3) is 11.3 Å². The number of H-pyrrole nitrogens is 1. The van der Waals surface area contributed by atoms with Crippen molar-refractivity contribution in [2.24, 2.45) is 0 Å². The minimum Gasteiger partial charge on any atom is -0.484 e. The van der Waals surface area contributed by atoms with Crippen LogP contribution in [0.4, 0.5) is 5.69 Å². The third kappa shape index (κ3) is 4.01. The maximum atomic E-state index is 12.0. The lowest BCUT2D eigenvalue weighted by atomic mass is 10.1. The molecule has 0 fully saturated rings. The number of aryl methyl sites for hydroxylation is 2. The van der Waals surface area contributed by atoms with Crippen molar-refractivity contribution in [2.75, 3.05) is 11.9 Å². The highest BCUT2D eigenvalue weighted by molar-refractivity contribution is 5.92. The number of nitrogens with one attached hydrogen (secondary N) is 2. The Labute approximate surface area is 140 Å². The highest BCUT2D eigenvalue weighted by Crippen LogP contribution is 2.19. The molecular formula is C19H19N3O2. The summed E-state index contributed by atoms with van der Waals surface area (Å²) in [6.45, 7) is 3.89. The molecule has 3 rings (SSSR count). The monoisotopic (exact) mass is 321 g/mol. The summed E-state index contributed by atoms with van der Waals surface area (Å²) in [5.41, 5.74) is 3.85. The van der Waals surface area contributed by atoms with Crippen LogP contribution in [0.5, 0.6) is 5.75 Å². The fourth-order valence-corrected chi connectivity index (χ4v) is 2.28. The van der Waals surface area contributed by atoms with Crippen LogP contribution >= 0.6 is 0 Å². The molecule has 2 N–H and O–H groups in total. The van der Waals surface area contributed by atoms with E-state index in [9.17, 15) is 4.79 Å². The number of aromatic amines is 1. The van der Waals surface area contributed by atoms with E-state index in [-0.39, 0.29) is 12.5 Å². The molecule has 0 atom stereocenters. The summed E-state index contributed by atoms with van der Waals surface area (Å²) in [5.74, 6) is 1.36. The Kier molecular flexibility index (Phi) is 4.61. The first-order valence-electron chi connectivity index (χ1n) is 7.71. The number of rotatable bonds is 5. The maximum absolute atomic E-state index is 12.0. The van der Waals surface area contributed by atoms with Crippen molar-refractivity contribution >= 4 is 11.6 Å². The molecule has 1 heterocycles. The molecule has 0 saturated carbocycles. The Morgan fingerprint density at radius 2 is 1.79 bits per heavy atom. The van der Waals surface area contributed by atoms with Crippen LogP contribution in [0.2, 0.25) is 0 Å². The number of ether oxygens (including phenoxy) is 1. The molecule has 1 amide bonds. The molecular weight excluding hydrogens is 302 g/mol. The molecule has 0 bridgehead atoms. The molecule has 0 aliphatic carbocycles. The van der Waals surface area contributed by atoms with Gasteiger partial charge in [-0.05, 0) is 43.7 Å². The molecule has 5 nitrogen and oxygen atoms in total. The largest absolute Gasteiger partial charge is 0.484 e. The molecule has 0 aliphatic heterocycles. The minimum absolute atomic E-state index is 0.0233. The first-order valence-corrected chi connectivity index (χ1v) is 7.71. The molecule has 1 aromatic heterocycles. The van der Waals surface area contributed by atoms with Crippen molar-refractivity contribution in [3.8, 4) is 17.0 Å². The number of carbonyl (C=O) groups is 1. The van der Waals surface area contributed by atoms with E-state index in [0.717, 1.165) is 28.3 Å². The molecule has 0 unspecified atom stereocenters.